The molecule has 2 unspecified atom stereocenters. The van der Waals surface area contributed by atoms with Gasteiger partial charge in [0.2, 0.25) is 0 Å². The zero-order valence-electron chi connectivity index (χ0n) is 13.7. The van der Waals surface area contributed by atoms with Gasteiger partial charge in [0.05, 0.1) is 11.7 Å². The Morgan fingerprint density at radius 3 is 2.71 bits per heavy atom. The molecule has 0 saturated heterocycles. The molecule has 2 aliphatic carbocycles. The van der Waals surface area contributed by atoms with Crippen molar-refractivity contribution in [2.75, 3.05) is 0 Å². The molecule has 3 heteroatoms. The van der Waals surface area contributed by atoms with Crippen LogP contribution in [-0.2, 0) is 6.42 Å². The molecule has 118 valence electrons. The number of rotatable bonds is 6. The van der Waals surface area contributed by atoms with Crippen molar-refractivity contribution < 1.29 is 0 Å². The summed E-state index contributed by atoms with van der Waals surface area (Å²) < 4.78 is 2.15. The van der Waals surface area contributed by atoms with E-state index >= 15 is 0 Å². The fourth-order valence-corrected chi connectivity index (χ4v) is 4.27. The van der Waals surface area contributed by atoms with Crippen LogP contribution in [0.4, 0.5) is 0 Å². The molecule has 1 aromatic heterocycles. The van der Waals surface area contributed by atoms with Crippen LogP contribution in [0, 0.1) is 11.8 Å². The highest BCUT2D eigenvalue weighted by Crippen LogP contribution is 2.46. The first-order valence-corrected chi connectivity index (χ1v) is 8.96. The maximum atomic E-state index is 6.75. The Morgan fingerprint density at radius 2 is 2.05 bits per heavy atom. The van der Waals surface area contributed by atoms with Gasteiger partial charge in [0, 0.05) is 18.2 Å². The second kappa shape index (κ2) is 6.12. The average Bonchev–Trinajstić information content (AvgIpc) is 3.22. The SMILES string of the molecule is CCC(CC)n1ccc(CC2(N)CCCC(C3CC3)C2)n1. The van der Waals surface area contributed by atoms with Gasteiger partial charge in [0.1, 0.15) is 0 Å². The topological polar surface area (TPSA) is 43.8 Å². The summed E-state index contributed by atoms with van der Waals surface area (Å²) in [5, 5.41) is 4.81. The highest BCUT2D eigenvalue weighted by molar-refractivity contribution is 5.08. The molecular weight excluding hydrogens is 258 g/mol. The number of aromatic nitrogens is 2. The maximum Gasteiger partial charge on any atom is 0.0643 e. The van der Waals surface area contributed by atoms with E-state index in [1.807, 2.05) is 0 Å². The van der Waals surface area contributed by atoms with Crippen LogP contribution >= 0.6 is 0 Å². The van der Waals surface area contributed by atoms with Crippen molar-refractivity contribution in [3.05, 3.63) is 18.0 Å². The highest BCUT2D eigenvalue weighted by atomic mass is 15.3. The van der Waals surface area contributed by atoms with Crippen LogP contribution in [0.3, 0.4) is 0 Å². The maximum absolute atomic E-state index is 6.75. The highest BCUT2D eigenvalue weighted by Gasteiger charge is 2.40. The zero-order valence-corrected chi connectivity index (χ0v) is 13.7. The van der Waals surface area contributed by atoms with E-state index in [2.05, 4.69) is 30.8 Å². The van der Waals surface area contributed by atoms with E-state index < -0.39 is 0 Å². The van der Waals surface area contributed by atoms with Crippen molar-refractivity contribution >= 4 is 0 Å². The molecule has 3 rings (SSSR count). The Morgan fingerprint density at radius 1 is 1.29 bits per heavy atom. The largest absolute Gasteiger partial charge is 0.325 e. The van der Waals surface area contributed by atoms with E-state index in [4.69, 9.17) is 10.8 Å². The van der Waals surface area contributed by atoms with Gasteiger partial charge in [-0.3, -0.25) is 4.68 Å². The third-order valence-corrected chi connectivity index (χ3v) is 5.72. The first-order valence-electron chi connectivity index (χ1n) is 8.96. The Labute approximate surface area is 129 Å². The first kappa shape index (κ1) is 15.1. The van der Waals surface area contributed by atoms with E-state index in [-0.39, 0.29) is 5.54 Å². The lowest BCUT2D eigenvalue weighted by atomic mass is 9.72. The van der Waals surface area contributed by atoms with E-state index in [1.165, 1.54) is 44.2 Å². The quantitative estimate of drug-likeness (QED) is 0.857. The predicted octanol–water partition coefficient (Wildman–Crippen LogP) is 4.08. The molecule has 2 aliphatic rings. The Hall–Kier alpha value is -0.830. The van der Waals surface area contributed by atoms with Gasteiger partial charge >= 0.3 is 0 Å². The third-order valence-electron chi connectivity index (χ3n) is 5.72. The molecular formula is C18H31N3. The number of nitrogens with zero attached hydrogens (tertiary/aromatic N) is 2. The lowest BCUT2D eigenvalue weighted by Gasteiger charge is -2.38. The molecule has 3 nitrogen and oxygen atoms in total. The second-order valence-electron chi connectivity index (χ2n) is 7.49. The summed E-state index contributed by atoms with van der Waals surface area (Å²) in [5.41, 5.74) is 7.94. The van der Waals surface area contributed by atoms with Crippen molar-refractivity contribution in [1.82, 2.24) is 9.78 Å². The van der Waals surface area contributed by atoms with Gasteiger partial charge in [-0.05, 0) is 56.4 Å². The van der Waals surface area contributed by atoms with Crippen molar-refractivity contribution in [2.45, 2.75) is 83.2 Å². The molecule has 21 heavy (non-hydrogen) atoms. The van der Waals surface area contributed by atoms with Gasteiger partial charge in [-0.1, -0.05) is 26.7 Å². The molecule has 2 saturated carbocycles. The number of hydrogen-bond donors (Lipinski definition) is 1. The van der Waals surface area contributed by atoms with E-state index in [1.54, 1.807) is 0 Å². The summed E-state index contributed by atoms with van der Waals surface area (Å²) >= 11 is 0. The second-order valence-corrected chi connectivity index (χ2v) is 7.49. The molecule has 0 bridgehead atoms. The average molecular weight is 289 g/mol. The van der Waals surface area contributed by atoms with Crippen molar-refractivity contribution in [1.29, 1.82) is 0 Å². The van der Waals surface area contributed by atoms with Crippen LogP contribution in [0.2, 0.25) is 0 Å². The summed E-state index contributed by atoms with van der Waals surface area (Å²) in [6.45, 7) is 4.47. The monoisotopic (exact) mass is 289 g/mol. The molecule has 2 atom stereocenters. The fourth-order valence-electron chi connectivity index (χ4n) is 4.27. The third kappa shape index (κ3) is 3.50. The smallest absolute Gasteiger partial charge is 0.0643 e. The van der Waals surface area contributed by atoms with Crippen LogP contribution in [0.25, 0.3) is 0 Å². The normalized spacial score (nSPS) is 30.0. The summed E-state index contributed by atoms with van der Waals surface area (Å²) in [5.74, 6) is 1.89. The van der Waals surface area contributed by atoms with Gasteiger partial charge in [-0.25, -0.2) is 0 Å². The van der Waals surface area contributed by atoms with Crippen LogP contribution in [0.5, 0.6) is 0 Å². The van der Waals surface area contributed by atoms with E-state index in [9.17, 15) is 0 Å². The van der Waals surface area contributed by atoms with Crippen molar-refractivity contribution in [3.63, 3.8) is 0 Å². The number of hydrogen-bond acceptors (Lipinski definition) is 2. The molecule has 2 N–H and O–H groups in total. The number of nitrogens with two attached hydrogens (primary N) is 1. The van der Waals surface area contributed by atoms with Crippen LogP contribution in [-0.4, -0.2) is 15.3 Å². The van der Waals surface area contributed by atoms with Gasteiger partial charge in [-0.15, -0.1) is 0 Å². The Balaban J connectivity index is 1.64. The van der Waals surface area contributed by atoms with Gasteiger partial charge in [0.15, 0.2) is 0 Å². The van der Waals surface area contributed by atoms with Crippen LogP contribution < -0.4 is 5.73 Å². The Kier molecular flexibility index (Phi) is 4.39. The van der Waals surface area contributed by atoms with Crippen molar-refractivity contribution in [2.24, 2.45) is 17.6 Å². The first-order chi connectivity index (χ1) is 10.1. The minimum atomic E-state index is -0.00137. The van der Waals surface area contributed by atoms with Crippen LogP contribution in [0.15, 0.2) is 12.3 Å². The summed E-state index contributed by atoms with van der Waals surface area (Å²) in [4.78, 5) is 0. The molecule has 0 aliphatic heterocycles. The Bertz CT molecular complexity index is 459. The summed E-state index contributed by atoms with van der Waals surface area (Å²) in [6.07, 6.45) is 13.4. The van der Waals surface area contributed by atoms with Gasteiger partial charge < -0.3 is 5.73 Å². The van der Waals surface area contributed by atoms with Crippen molar-refractivity contribution in [3.8, 4) is 0 Å². The lowest BCUT2D eigenvalue weighted by molar-refractivity contribution is 0.203. The molecule has 0 spiro atoms. The standard InChI is InChI=1S/C18H31N3/c1-3-17(4-2)21-11-9-16(20-21)13-18(19)10-5-6-15(12-18)14-7-8-14/h9,11,14-15,17H,3-8,10,12-13,19H2,1-2H3. The van der Waals surface area contributed by atoms with E-state index in [0.717, 1.165) is 31.1 Å². The molecule has 0 aromatic carbocycles. The molecule has 2 fully saturated rings. The fraction of sp³-hybridized carbons (Fsp3) is 0.833. The van der Waals surface area contributed by atoms with Gasteiger partial charge in [-0.2, -0.15) is 5.10 Å². The predicted molar refractivity (Wildman–Crippen MR) is 87.2 cm³/mol. The summed E-state index contributed by atoms with van der Waals surface area (Å²) in [7, 11) is 0. The zero-order chi connectivity index (χ0) is 14.9. The minimum Gasteiger partial charge on any atom is -0.325 e. The van der Waals surface area contributed by atoms with Crippen LogP contribution in [0.1, 0.15) is 76.9 Å². The van der Waals surface area contributed by atoms with Gasteiger partial charge in [0.25, 0.3) is 0 Å². The molecule has 1 heterocycles. The molecule has 1 aromatic rings. The molecule has 0 amide bonds. The minimum absolute atomic E-state index is 0.00137. The summed E-state index contributed by atoms with van der Waals surface area (Å²) in [6, 6.07) is 2.73. The molecule has 0 radical (unpaired) electrons. The van der Waals surface area contributed by atoms with E-state index in [0.29, 0.717) is 6.04 Å². The lowest BCUT2D eigenvalue weighted by Crippen LogP contribution is -2.46.